The van der Waals surface area contributed by atoms with Gasteiger partial charge >= 0.3 is 0 Å². The van der Waals surface area contributed by atoms with E-state index in [1.54, 1.807) is 12.1 Å². The fourth-order valence-electron chi connectivity index (χ4n) is 1.69. The van der Waals surface area contributed by atoms with Crippen LogP contribution in [0.2, 0.25) is 0 Å². The Morgan fingerprint density at radius 1 is 1.43 bits per heavy atom. The first-order valence-electron chi connectivity index (χ1n) is 4.99. The predicted octanol–water partition coefficient (Wildman–Crippen LogP) is 2.72. The first kappa shape index (κ1) is 10.1. The van der Waals surface area contributed by atoms with Gasteiger partial charge in [-0.3, -0.25) is 0 Å². The zero-order chi connectivity index (χ0) is 9.97. The van der Waals surface area contributed by atoms with Crippen molar-refractivity contribution in [3.05, 3.63) is 23.7 Å². The van der Waals surface area contributed by atoms with E-state index in [4.69, 9.17) is 0 Å². The smallest absolute Gasteiger partial charge is 0.124 e. The zero-order valence-corrected chi connectivity index (χ0v) is 9.19. The summed E-state index contributed by atoms with van der Waals surface area (Å²) in [7, 11) is 2.04. The molecule has 0 radical (unpaired) electrons. The third-order valence-electron chi connectivity index (χ3n) is 2.42. The molecule has 1 aliphatic heterocycles. The molecule has 4 heteroatoms. The summed E-state index contributed by atoms with van der Waals surface area (Å²) in [6.07, 6.45) is 6.46. The second kappa shape index (κ2) is 4.36. The third-order valence-corrected chi connectivity index (χ3v) is 3.46. The van der Waals surface area contributed by atoms with Crippen molar-refractivity contribution in [2.45, 2.75) is 19.3 Å². The van der Waals surface area contributed by atoms with Gasteiger partial charge in [-0.1, -0.05) is 6.08 Å². The first-order valence-corrected chi connectivity index (χ1v) is 5.72. The summed E-state index contributed by atoms with van der Waals surface area (Å²) in [5, 5.41) is 0. The van der Waals surface area contributed by atoms with Crippen LogP contribution in [-0.2, 0) is 0 Å². The van der Waals surface area contributed by atoms with Gasteiger partial charge in [-0.15, -0.1) is 0 Å². The molecule has 0 aromatic heterocycles. The summed E-state index contributed by atoms with van der Waals surface area (Å²) in [5.41, 5.74) is 0.771. The number of hydrogen-bond donors (Lipinski definition) is 0. The van der Waals surface area contributed by atoms with E-state index in [9.17, 15) is 4.39 Å². The molecule has 0 spiro atoms. The Morgan fingerprint density at radius 2 is 2.29 bits per heavy atom. The molecule has 1 saturated heterocycles. The molecule has 0 saturated carbocycles. The molecule has 0 unspecified atom stereocenters. The fourth-order valence-corrected chi connectivity index (χ4v) is 2.70. The molecule has 1 fully saturated rings. The van der Waals surface area contributed by atoms with Gasteiger partial charge in [0.15, 0.2) is 0 Å². The molecule has 0 aromatic rings. The monoisotopic (exact) mass is 214 g/mol. The van der Waals surface area contributed by atoms with Crippen molar-refractivity contribution in [2.75, 3.05) is 20.1 Å². The Kier molecular flexibility index (Phi) is 3.13. The van der Waals surface area contributed by atoms with Crippen molar-refractivity contribution in [2.24, 2.45) is 0 Å². The van der Waals surface area contributed by atoms with Gasteiger partial charge in [0.2, 0.25) is 0 Å². The summed E-state index contributed by atoms with van der Waals surface area (Å²) < 4.78 is 17.7. The second-order valence-corrected chi connectivity index (χ2v) is 4.85. The molecule has 0 aromatic carbocycles. The summed E-state index contributed by atoms with van der Waals surface area (Å²) in [6.45, 7) is 2.03. The van der Waals surface area contributed by atoms with Gasteiger partial charge in [0.05, 0.1) is 5.70 Å². The quantitative estimate of drug-likeness (QED) is 0.620. The van der Waals surface area contributed by atoms with Gasteiger partial charge in [0.1, 0.15) is 5.83 Å². The minimum absolute atomic E-state index is 0.0373. The Labute approximate surface area is 88.7 Å². The Balaban J connectivity index is 2.09. The minimum atomic E-state index is 0.0373. The highest BCUT2D eigenvalue weighted by Crippen LogP contribution is 2.31. The van der Waals surface area contributed by atoms with Crippen molar-refractivity contribution in [3.63, 3.8) is 0 Å². The molecular weight excluding hydrogens is 199 g/mol. The van der Waals surface area contributed by atoms with Crippen molar-refractivity contribution < 1.29 is 4.39 Å². The Hall–Kier alpha value is -0.480. The molecule has 1 heterocycles. The standard InChI is InChI=1S/C10H15FN2S/c1-12-7-4-8-13(14-12)10-6-3-2-5-9(10)11/h3,6H,2,4-5,7-8H2,1H3. The third kappa shape index (κ3) is 2.12. The highest BCUT2D eigenvalue weighted by molar-refractivity contribution is 7.94. The van der Waals surface area contributed by atoms with E-state index >= 15 is 0 Å². The summed E-state index contributed by atoms with van der Waals surface area (Å²) in [6, 6.07) is 0. The Morgan fingerprint density at radius 3 is 3.00 bits per heavy atom. The van der Waals surface area contributed by atoms with Gasteiger partial charge in [-0.05, 0) is 26.0 Å². The van der Waals surface area contributed by atoms with E-state index in [1.165, 1.54) is 0 Å². The lowest BCUT2D eigenvalue weighted by Gasteiger charge is -2.34. The summed E-state index contributed by atoms with van der Waals surface area (Å²) in [5.74, 6) is 0.0373. The zero-order valence-electron chi connectivity index (χ0n) is 8.37. The molecule has 1 aliphatic carbocycles. The highest BCUT2D eigenvalue weighted by atomic mass is 32.2. The van der Waals surface area contributed by atoms with Crippen LogP contribution in [0.3, 0.4) is 0 Å². The fraction of sp³-hybridized carbons (Fsp3) is 0.600. The SMILES string of the molecule is CN1CCCN(C2=C(F)CCC=C2)S1. The number of rotatable bonds is 1. The molecule has 2 aliphatic rings. The number of allylic oxidation sites excluding steroid dienone is 3. The summed E-state index contributed by atoms with van der Waals surface area (Å²) in [4.78, 5) is 0. The van der Waals surface area contributed by atoms with Crippen LogP contribution < -0.4 is 0 Å². The molecule has 2 nitrogen and oxygen atoms in total. The predicted molar refractivity (Wildman–Crippen MR) is 58.1 cm³/mol. The first-order chi connectivity index (χ1) is 6.77. The van der Waals surface area contributed by atoms with Crippen LogP contribution >= 0.6 is 12.1 Å². The maximum atomic E-state index is 13.5. The molecule has 0 bridgehead atoms. The topological polar surface area (TPSA) is 6.48 Å². The van der Waals surface area contributed by atoms with E-state index in [0.29, 0.717) is 6.42 Å². The van der Waals surface area contributed by atoms with Crippen LogP contribution in [0.15, 0.2) is 23.7 Å². The highest BCUT2D eigenvalue weighted by Gasteiger charge is 2.20. The average Bonchev–Trinajstić information content (AvgIpc) is 2.18. The van der Waals surface area contributed by atoms with E-state index < -0.39 is 0 Å². The van der Waals surface area contributed by atoms with Crippen LogP contribution in [0.4, 0.5) is 4.39 Å². The van der Waals surface area contributed by atoms with E-state index in [2.05, 4.69) is 8.61 Å². The van der Waals surface area contributed by atoms with Gasteiger partial charge < -0.3 is 4.31 Å². The number of nitrogens with zero attached hydrogens (tertiary/aromatic N) is 2. The van der Waals surface area contributed by atoms with E-state index in [-0.39, 0.29) is 5.83 Å². The van der Waals surface area contributed by atoms with Crippen LogP contribution in [0.5, 0.6) is 0 Å². The van der Waals surface area contributed by atoms with E-state index in [1.807, 2.05) is 19.2 Å². The van der Waals surface area contributed by atoms with Gasteiger partial charge in [0.25, 0.3) is 0 Å². The van der Waals surface area contributed by atoms with Crippen molar-refractivity contribution in [1.29, 1.82) is 0 Å². The maximum absolute atomic E-state index is 13.5. The van der Waals surface area contributed by atoms with Crippen LogP contribution in [-0.4, -0.2) is 28.7 Å². The maximum Gasteiger partial charge on any atom is 0.124 e. The normalized spacial score (nSPS) is 24.6. The van der Waals surface area contributed by atoms with Crippen LogP contribution in [0.25, 0.3) is 0 Å². The molecule has 0 amide bonds. The van der Waals surface area contributed by atoms with Crippen molar-refractivity contribution in [1.82, 2.24) is 8.61 Å². The molecular formula is C10H15FN2S. The summed E-state index contributed by atoms with van der Waals surface area (Å²) >= 11 is 1.61. The number of hydrogen-bond acceptors (Lipinski definition) is 3. The lowest BCUT2D eigenvalue weighted by molar-refractivity contribution is 0.407. The van der Waals surface area contributed by atoms with Crippen LogP contribution in [0.1, 0.15) is 19.3 Å². The number of halogens is 1. The average molecular weight is 214 g/mol. The largest absolute Gasteiger partial charge is 0.301 e. The molecule has 2 rings (SSSR count). The van der Waals surface area contributed by atoms with Gasteiger partial charge in [0, 0.05) is 31.6 Å². The van der Waals surface area contributed by atoms with Gasteiger partial charge in [-0.2, -0.15) is 0 Å². The van der Waals surface area contributed by atoms with Gasteiger partial charge in [-0.25, -0.2) is 8.70 Å². The van der Waals surface area contributed by atoms with E-state index in [0.717, 1.165) is 31.6 Å². The van der Waals surface area contributed by atoms with Crippen molar-refractivity contribution >= 4 is 12.1 Å². The second-order valence-electron chi connectivity index (χ2n) is 3.62. The molecule has 0 atom stereocenters. The lowest BCUT2D eigenvalue weighted by Crippen LogP contribution is -2.31. The van der Waals surface area contributed by atoms with Crippen LogP contribution in [0, 0.1) is 0 Å². The molecule has 0 N–H and O–H groups in total. The lowest BCUT2D eigenvalue weighted by atomic mass is 10.1. The minimum Gasteiger partial charge on any atom is -0.301 e. The molecule has 78 valence electrons. The molecule has 14 heavy (non-hydrogen) atoms. The Bertz CT molecular complexity index is 275. The van der Waals surface area contributed by atoms with Crippen molar-refractivity contribution in [3.8, 4) is 0 Å².